The Morgan fingerprint density at radius 3 is 2.79 bits per heavy atom. The first-order chi connectivity index (χ1) is 9.11. The third-order valence-corrected chi connectivity index (χ3v) is 3.53. The third kappa shape index (κ3) is 3.34. The van der Waals surface area contributed by atoms with Crippen molar-refractivity contribution in [3.63, 3.8) is 0 Å². The largest absolute Gasteiger partial charge is 0.396 e. The fourth-order valence-corrected chi connectivity index (χ4v) is 2.26. The van der Waals surface area contributed by atoms with Crippen LogP contribution in [-0.2, 0) is 0 Å². The molecule has 0 aliphatic rings. The SMILES string of the molecule is Nc1cc(-c2cc(Cl)ccc2F)nnc1SCCO. The molecule has 0 fully saturated rings. The Kier molecular flexibility index (Phi) is 4.57. The molecule has 100 valence electrons. The summed E-state index contributed by atoms with van der Waals surface area (Å²) in [6.45, 7) is 0.0243. The van der Waals surface area contributed by atoms with Gasteiger partial charge in [-0.2, -0.15) is 0 Å². The molecule has 7 heteroatoms. The van der Waals surface area contributed by atoms with E-state index in [1.807, 2.05) is 0 Å². The molecule has 0 unspecified atom stereocenters. The molecule has 0 saturated heterocycles. The summed E-state index contributed by atoms with van der Waals surface area (Å²) in [7, 11) is 0. The van der Waals surface area contributed by atoms with Crippen LogP contribution in [0.1, 0.15) is 0 Å². The quantitative estimate of drug-likeness (QED) is 0.849. The van der Waals surface area contributed by atoms with Crippen LogP contribution in [0, 0.1) is 5.82 Å². The van der Waals surface area contributed by atoms with E-state index < -0.39 is 5.82 Å². The molecule has 1 aromatic carbocycles. The average Bonchev–Trinajstić information content (AvgIpc) is 2.40. The van der Waals surface area contributed by atoms with E-state index in [2.05, 4.69) is 10.2 Å². The van der Waals surface area contributed by atoms with E-state index in [4.69, 9.17) is 22.4 Å². The lowest BCUT2D eigenvalue weighted by Gasteiger charge is -2.06. The van der Waals surface area contributed by atoms with E-state index >= 15 is 0 Å². The second-order valence-electron chi connectivity index (χ2n) is 3.69. The fourth-order valence-electron chi connectivity index (χ4n) is 1.47. The molecule has 1 heterocycles. The van der Waals surface area contributed by atoms with Gasteiger partial charge in [-0.1, -0.05) is 11.6 Å². The lowest BCUT2D eigenvalue weighted by atomic mass is 10.1. The van der Waals surface area contributed by atoms with Gasteiger partial charge in [0, 0.05) is 16.3 Å². The Bertz CT molecular complexity index is 597. The predicted molar refractivity (Wildman–Crippen MR) is 74.7 cm³/mol. The van der Waals surface area contributed by atoms with E-state index in [0.29, 0.717) is 27.2 Å². The summed E-state index contributed by atoms with van der Waals surface area (Å²) in [5.74, 6) is 0.0397. The molecule has 4 nitrogen and oxygen atoms in total. The lowest BCUT2D eigenvalue weighted by molar-refractivity contribution is 0.322. The van der Waals surface area contributed by atoms with Crippen LogP contribution in [0.5, 0.6) is 0 Å². The van der Waals surface area contributed by atoms with Gasteiger partial charge in [0.2, 0.25) is 0 Å². The Hall–Kier alpha value is -1.37. The number of aliphatic hydroxyl groups is 1. The first kappa shape index (κ1) is 14.0. The van der Waals surface area contributed by atoms with Gasteiger partial charge in [0.05, 0.1) is 18.0 Å². The Labute approximate surface area is 118 Å². The molecular formula is C12H11ClFN3OS. The molecule has 0 atom stereocenters. The topological polar surface area (TPSA) is 72.0 Å². The van der Waals surface area contributed by atoms with Gasteiger partial charge >= 0.3 is 0 Å². The molecule has 0 spiro atoms. The van der Waals surface area contributed by atoms with Crippen molar-refractivity contribution in [1.29, 1.82) is 0 Å². The van der Waals surface area contributed by atoms with Crippen LogP contribution in [0.3, 0.4) is 0 Å². The Balaban J connectivity index is 2.36. The summed E-state index contributed by atoms with van der Waals surface area (Å²) in [5, 5.41) is 17.5. The summed E-state index contributed by atoms with van der Waals surface area (Å²) in [5.41, 5.74) is 6.80. The van der Waals surface area contributed by atoms with Crippen LogP contribution in [-0.4, -0.2) is 27.7 Å². The van der Waals surface area contributed by atoms with Crippen molar-refractivity contribution in [1.82, 2.24) is 10.2 Å². The molecule has 0 aliphatic heterocycles. The van der Waals surface area contributed by atoms with Crippen molar-refractivity contribution < 1.29 is 9.50 Å². The van der Waals surface area contributed by atoms with Crippen LogP contribution in [0.2, 0.25) is 5.02 Å². The highest BCUT2D eigenvalue weighted by molar-refractivity contribution is 7.99. The van der Waals surface area contributed by atoms with Crippen molar-refractivity contribution in [3.8, 4) is 11.3 Å². The smallest absolute Gasteiger partial charge is 0.142 e. The fraction of sp³-hybridized carbons (Fsp3) is 0.167. The Morgan fingerprint density at radius 1 is 1.32 bits per heavy atom. The number of rotatable bonds is 4. The van der Waals surface area contributed by atoms with Gasteiger partial charge in [-0.3, -0.25) is 0 Å². The number of anilines is 1. The molecule has 19 heavy (non-hydrogen) atoms. The average molecular weight is 300 g/mol. The van der Waals surface area contributed by atoms with Crippen molar-refractivity contribution in [2.45, 2.75) is 5.03 Å². The molecule has 2 rings (SSSR count). The molecule has 0 saturated carbocycles. The minimum atomic E-state index is -0.436. The molecule has 0 aliphatic carbocycles. The zero-order valence-corrected chi connectivity index (χ0v) is 11.4. The normalized spacial score (nSPS) is 10.7. The number of nitrogens with zero attached hydrogens (tertiary/aromatic N) is 2. The van der Waals surface area contributed by atoms with Gasteiger partial charge in [-0.15, -0.1) is 22.0 Å². The molecule has 0 amide bonds. The van der Waals surface area contributed by atoms with E-state index in [9.17, 15) is 4.39 Å². The van der Waals surface area contributed by atoms with Crippen LogP contribution in [0.15, 0.2) is 29.3 Å². The Morgan fingerprint density at radius 2 is 2.11 bits per heavy atom. The number of hydrogen-bond acceptors (Lipinski definition) is 5. The zero-order chi connectivity index (χ0) is 13.8. The summed E-state index contributed by atoms with van der Waals surface area (Å²) in [6.07, 6.45) is 0. The minimum Gasteiger partial charge on any atom is -0.396 e. The van der Waals surface area contributed by atoms with Gasteiger partial charge in [-0.05, 0) is 24.3 Å². The standard InChI is InChI=1S/C12H11ClFN3OS/c13-7-1-2-9(14)8(5-7)11-6-10(15)12(17-16-11)19-4-3-18/h1-2,5-6,18H,3-4H2,(H2,15,16). The summed E-state index contributed by atoms with van der Waals surface area (Å²) in [6, 6.07) is 5.74. The number of nitrogen functional groups attached to an aromatic ring is 1. The molecule has 2 aromatic rings. The number of aromatic nitrogens is 2. The molecule has 0 radical (unpaired) electrons. The van der Waals surface area contributed by atoms with E-state index in [1.54, 1.807) is 6.07 Å². The number of halogens is 2. The van der Waals surface area contributed by atoms with E-state index in [0.717, 1.165) is 0 Å². The maximum atomic E-state index is 13.7. The molecule has 1 aromatic heterocycles. The highest BCUT2D eigenvalue weighted by Crippen LogP contribution is 2.28. The van der Waals surface area contributed by atoms with Crippen molar-refractivity contribution in [2.75, 3.05) is 18.1 Å². The predicted octanol–water partition coefficient (Wildman–Crippen LogP) is 2.60. The molecule has 0 bridgehead atoms. The van der Waals surface area contributed by atoms with Crippen LogP contribution >= 0.6 is 23.4 Å². The first-order valence-corrected chi connectivity index (χ1v) is 6.80. The monoisotopic (exact) mass is 299 g/mol. The van der Waals surface area contributed by atoms with E-state index in [1.165, 1.54) is 30.0 Å². The third-order valence-electron chi connectivity index (χ3n) is 2.32. The maximum Gasteiger partial charge on any atom is 0.142 e. The summed E-state index contributed by atoms with van der Waals surface area (Å²) < 4.78 is 13.7. The summed E-state index contributed by atoms with van der Waals surface area (Å²) in [4.78, 5) is 0. The number of nitrogens with two attached hydrogens (primary N) is 1. The van der Waals surface area contributed by atoms with Gasteiger partial charge in [0.1, 0.15) is 10.8 Å². The van der Waals surface area contributed by atoms with Gasteiger partial charge < -0.3 is 10.8 Å². The first-order valence-electron chi connectivity index (χ1n) is 5.44. The number of aliphatic hydroxyl groups excluding tert-OH is 1. The summed E-state index contributed by atoms with van der Waals surface area (Å²) >= 11 is 7.12. The van der Waals surface area contributed by atoms with Crippen LogP contribution in [0.25, 0.3) is 11.3 Å². The molecular weight excluding hydrogens is 289 g/mol. The number of benzene rings is 1. The van der Waals surface area contributed by atoms with Crippen molar-refractivity contribution in [3.05, 3.63) is 35.1 Å². The van der Waals surface area contributed by atoms with Gasteiger partial charge in [0.25, 0.3) is 0 Å². The zero-order valence-electron chi connectivity index (χ0n) is 9.81. The lowest BCUT2D eigenvalue weighted by Crippen LogP contribution is -1.99. The van der Waals surface area contributed by atoms with Crippen molar-refractivity contribution in [2.24, 2.45) is 0 Å². The number of hydrogen-bond donors (Lipinski definition) is 2. The van der Waals surface area contributed by atoms with Crippen LogP contribution in [0.4, 0.5) is 10.1 Å². The van der Waals surface area contributed by atoms with Gasteiger partial charge in [0.15, 0.2) is 0 Å². The van der Waals surface area contributed by atoms with E-state index in [-0.39, 0.29) is 12.2 Å². The van der Waals surface area contributed by atoms with Crippen molar-refractivity contribution >= 4 is 29.1 Å². The highest BCUT2D eigenvalue weighted by Gasteiger charge is 2.11. The number of thioether (sulfide) groups is 1. The highest BCUT2D eigenvalue weighted by atomic mass is 35.5. The maximum absolute atomic E-state index is 13.7. The second kappa shape index (κ2) is 6.18. The van der Waals surface area contributed by atoms with Gasteiger partial charge in [-0.25, -0.2) is 4.39 Å². The second-order valence-corrected chi connectivity index (χ2v) is 5.21. The van der Waals surface area contributed by atoms with Crippen LogP contribution < -0.4 is 5.73 Å². The minimum absolute atomic E-state index is 0.0243. The molecule has 3 N–H and O–H groups in total.